The van der Waals surface area contributed by atoms with Crippen LogP contribution in [0.5, 0.6) is 0 Å². The van der Waals surface area contributed by atoms with Gasteiger partial charge in [-0.3, -0.25) is 0 Å². The molecule has 0 amide bonds. The molecule has 1 saturated heterocycles. The van der Waals surface area contributed by atoms with Crippen LogP contribution in [0.15, 0.2) is 0 Å². The smallest absolute Gasteiger partial charge is 0.114 e. The monoisotopic (exact) mass is 229 g/mol. The van der Waals surface area contributed by atoms with Crippen LogP contribution in [0.25, 0.3) is 0 Å². The fourth-order valence-electron chi connectivity index (χ4n) is 0.882. The van der Waals surface area contributed by atoms with Gasteiger partial charge in [-0.25, -0.2) is 7.50 Å². The maximum absolute atomic E-state index is 12.4. The van der Waals surface area contributed by atoms with Gasteiger partial charge in [0.05, 0.1) is 0 Å². The minimum absolute atomic E-state index is 0.569. The molecule has 1 rings (SSSR count). The first-order chi connectivity index (χ1) is 3.79. The van der Waals surface area contributed by atoms with E-state index in [1.165, 1.54) is 0 Å². The molecule has 1 nitrogen and oxygen atoms in total. The Kier molecular flexibility index (Phi) is 2.49. The van der Waals surface area contributed by atoms with Crippen molar-refractivity contribution in [3.63, 3.8) is 0 Å². The number of rotatable bonds is 0. The van der Waals surface area contributed by atoms with Crippen LogP contribution in [0, 0.1) is 0 Å². The predicted molar refractivity (Wildman–Crippen MR) is 39.7 cm³/mol. The van der Waals surface area contributed by atoms with Crippen LogP contribution < -0.4 is 0 Å². The van der Waals surface area contributed by atoms with Gasteiger partial charge in [-0.15, -0.1) is 0 Å². The third-order valence-electron chi connectivity index (χ3n) is 1.31. The van der Waals surface area contributed by atoms with Crippen molar-refractivity contribution in [1.29, 1.82) is 0 Å². The molecule has 0 spiro atoms. The number of piperidine rings is 1. The summed E-state index contributed by atoms with van der Waals surface area (Å²) in [5, 5.41) is 0. The van der Waals surface area contributed by atoms with Crippen molar-refractivity contribution in [3.05, 3.63) is 0 Å². The number of halogens is 2. The molecule has 0 aliphatic carbocycles. The van der Waals surface area contributed by atoms with E-state index in [2.05, 4.69) is 22.9 Å². The topological polar surface area (TPSA) is 3.24 Å². The van der Waals surface area contributed by atoms with Crippen molar-refractivity contribution >= 4 is 22.9 Å². The molecule has 0 unspecified atom stereocenters. The van der Waals surface area contributed by atoms with Gasteiger partial charge in [0, 0.05) is 36.0 Å². The Morgan fingerprint density at radius 2 is 2.38 bits per heavy atom. The van der Waals surface area contributed by atoms with Crippen molar-refractivity contribution in [2.75, 3.05) is 13.1 Å². The Labute approximate surface area is 62.7 Å². The molecule has 1 fully saturated rings. The first kappa shape index (κ1) is 6.74. The Hall–Kier alpha value is 0.620. The Morgan fingerprint density at radius 1 is 1.62 bits per heavy atom. The van der Waals surface area contributed by atoms with E-state index >= 15 is 0 Å². The third-order valence-corrected chi connectivity index (χ3v) is 2.19. The highest BCUT2D eigenvalue weighted by Gasteiger charge is 2.15. The lowest BCUT2D eigenvalue weighted by Crippen LogP contribution is -2.28. The fraction of sp³-hybridized carbons (Fsp3) is 1.00. The van der Waals surface area contributed by atoms with Gasteiger partial charge in [-0.1, -0.05) is 0 Å². The number of alkyl halides is 1. The van der Waals surface area contributed by atoms with Crippen LogP contribution in [0.4, 0.5) is 4.39 Å². The zero-order valence-electron chi connectivity index (χ0n) is 4.61. The molecule has 8 heavy (non-hydrogen) atoms. The lowest BCUT2D eigenvalue weighted by atomic mass is 10.1. The lowest BCUT2D eigenvalue weighted by Gasteiger charge is -2.22. The Balaban J connectivity index is 2.23. The minimum Gasteiger partial charge on any atom is -0.246 e. The van der Waals surface area contributed by atoms with Gasteiger partial charge in [0.25, 0.3) is 0 Å². The van der Waals surface area contributed by atoms with Crippen LogP contribution in [0.3, 0.4) is 0 Å². The van der Waals surface area contributed by atoms with Crippen molar-refractivity contribution < 1.29 is 4.39 Å². The second-order valence-corrected chi connectivity index (χ2v) is 3.47. The van der Waals surface area contributed by atoms with Crippen LogP contribution in [-0.4, -0.2) is 22.4 Å². The van der Waals surface area contributed by atoms with Gasteiger partial charge in [-0.05, 0) is 12.8 Å². The number of nitrogens with zero attached hydrogens (tertiary/aromatic N) is 1. The van der Waals surface area contributed by atoms with Gasteiger partial charge < -0.3 is 0 Å². The summed E-state index contributed by atoms with van der Waals surface area (Å²) < 4.78 is 14.4. The van der Waals surface area contributed by atoms with E-state index in [-0.39, 0.29) is 0 Å². The van der Waals surface area contributed by atoms with Gasteiger partial charge in [0.1, 0.15) is 6.17 Å². The highest BCUT2D eigenvalue weighted by Crippen LogP contribution is 2.15. The molecule has 0 aromatic heterocycles. The van der Waals surface area contributed by atoms with Gasteiger partial charge in [0.15, 0.2) is 0 Å². The van der Waals surface area contributed by atoms with Crippen molar-refractivity contribution in [2.24, 2.45) is 0 Å². The van der Waals surface area contributed by atoms with E-state index in [1.54, 1.807) is 0 Å². The van der Waals surface area contributed by atoms with Crippen LogP contribution >= 0.6 is 22.9 Å². The van der Waals surface area contributed by atoms with E-state index in [0.717, 1.165) is 19.4 Å². The Bertz CT molecular complexity index is 70.8. The maximum Gasteiger partial charge on any atom is 0.114 e. The van der Waals surface area contributed by atoms with Gasteiger partial charge >= 0.3 is 0 Å². The standard InChI is InChI=1S/C5H9FIN/c6-5-2-1-3-8(7)4-5/h5H,1-4H2/t5-/m1/s1. The summed E-state index contributed by atoms with van der Waals surface area (Å²) in [6.45, 7) is 1.68. The van der Waals surface area contributed by atoms with Gasteiger partial charge in [-0.2, -0.15) is 0 Å². The third kappa shape index (κ3) is 1.85. The average molecular weight is 229 g/mol. The average Bonchev–Trinajstić information content (AvgIpc) is 1.64. The molecule has 0 radical (unpaired) electrons. The van der Waals surface area contributed by atoms with E-state index in [0.29, 0.717) is 6.54 Å². The van der Waals surface area contributed by atoms with E-state index in [4.69, 9.17) is 0 Å². The fourth-order valence-corrected chi connectivity index (χ4v) is 1.65. The molecule has 0 saturated carbocycles. The van der Waals surface area contributed by atoms with Gasteiger partial charge in [0.2, 0.25) is 0 Å². The van der Waals surface area contributed by atoms with Crippen LogP contribution in [-0.2, 0) is 0 Å². The van der Waals surface area contributed by atoms with Crippen LogP contribution in [0.2, 0.25) is 0 Å². The maximum atomic E-state index is 12.4. The summed E-state index contributed by atoms with van der Waals surface area (Å²) >= 11 is 2.17. The first-order valence-electron chi connectivity index (χ1n) is 2.84. The first-order valence-corrected chi connectivity index (χ1v) is 3.80. The van der Waals surface area contributed by atoms with Crippen molar-refractivity contribution in [3.8, 4) is 0 Å². The SMILES string of the molecule is F[C@@H]1CCCN(I)C1. The van der Waals surface area contributed by atoms with E-state index in [9.17, 15) is 4.39 Å². The molecule has 0 aromatic rings. The Morgan fingerprint density at radius 3 is 2.75 bits per heavy atom. The van der Waals surface area contributed by atoms with E-state index < -0.39 is 6.17 Å². The zero-order chi connectivity index (χ0) is 5.98. The molecular weight excluding hydrogens is 220 g/mol. The minimum atomic E-state index is -0.569. The highest BCUT2D eigenvalue weighted by molar-refractivity contribution is 14.1. The molecule has 0 aromatic carbocycles. The predicted octanol–water partition coefficient (Wildman–Crippen LogP) is 1.77. The molecule has 3 heteroatoms. The molecule has 1 aliphatic heterocycles. The largest absolute Gasteiger partial charge is 0.246 e. The highest BCUT2D eigenvalue weighted by atomic mass is 127. The van der Waals surface area contributed by atoms with Crippen molar-refractivity contribution in [1.82, 2.24) is 3.11 Å². The molecule has 1 aliphatic rings. The summed E-state index contributed by atoms with van der Waals surface area (Å²) in [6, 6.07) is 0. The molecular formula is C5H9FIN. The quantitative estimate of drug-likeness (QED) is 0.452. The summed E-state index contributed by atoms with van der Waals surface area (Å²) in [5.74, 6) is 0. The molecule has 1 atom stereocenters. The normalized spacial score (nSPS) is 33.0. The lowest BCUT2D eigenvalue weighted by molar-refractivity contribution is 0.224. The second-order valence-electron chi connectivity index (χ2n) is 2.11. The number of hydrogen-bond acceptors (Lipinski definition) is 1. The molecule has 0 bridgehead atoms. The second kappa shape index (κ2) is 2.96. The summed E-state index contributed by atoms with van der Waals surface area (Å²) in [5.41, 5.74) is 0. The summed E-state index contributed by atoms with van der Waals surface area (Å²) in [4.78, 5) is 0. The zero-order valence-corrected chi connectivity index (χ0v) is 6.77. The van der Waals surface area contributed by atoms with Crippen LogP contribution in [0.1, 0.15) is 12.8 Å². The summed E-state index contributed by atoms with van der Waals surface area (Å²) in [7, 11) is 0. The molecule has 48 valence electrons. The molecule has 1 heterocycles. The summed E-state index contributed by atoms with van der Waals surface area (Å²) in [6.07, 6.45) is 1.21. The van der Waals surface area contributed by atoms with E-state index in [1.807, 2.05) is 3.11 Å². The van der Waals surface area contributed by atoms with Crippen molar-refractivity contribution in [2.45, 2.75) is 19.0 Å². The molecule has 0 N–H and O–H groups in total. The number of hydrogen-bond donors (Lipinski definition) is 0.